The molecule has 3 atom stereocenters. The van der Waals surface area contributed by atoms with E-state index in [1.54, 1.807) is 0 Å². The number of likely N-dealkylation sites (N-methyl/N-ethyl adjacent to an activating group) is 1. The monoisotopic (exact) mass is 246 g/mol. The zero-order chi connectivity index (χ0) is 13.3. The van der Waals surface area contributed by atoms with Crippen molar-refractivity contribution in [2.45, 2.75) is 45.2 Å². The topological polar surface area (TPSA) is 46.3 Å². The fourth-order valence-electron chi connectivity index (χ4n) is 3.04. The summed E-state index contributed by atoms with van der Waals surface area (Å²) in [7, 11) is 0. The maximum absolute atomic E-state index is 12.0. The molecule has 2 N–H and O–H groups in total. The normalized spacial score (nSPS) is 28.6. The molecule has 0 bridgehead atoms. The second-order valence-corrected chi connectivity index (χ2v) is 5.17. The van der Waals surface area contributed by atoms with E-state index in [2.05, 4.69) is 38.1 Å². The van der Waals surface area contributed by atoms with E-state index in [1.165, 1.54) is 11.1 Å². The number of likely N-dealkylation sites (tertiary alicyclic amines) is 1. The molecule has 3 nitrogen and oxygen atoms in total. The number of nitrogens with two attached hydrogens (primary N) is 1. The van der Waals surface area contributed by atoms with Crippen molar-refractivity contribution in [3.05, 3.63) is 35.4 Å². The van der Waals surface area contributed by atoms with Gasteiger partial charge in [-0.3, -0.25) is 4.79 Å². The minimum Gasteiger partial charge on any atom is -0.338 e. The molecule has 1 heterocycles. The summed E-state index contributed by atoms with van der Waals surface area (Å²) in [4.78, 5) is 13.9. The van der Waals surface area contributed by atoms with E-state index in [0.717, 1.165) is 13.0 Å². The van der Waals surface area contributed by atoms with Crippen molar-refractivity contribution < 1.29 is 4.79 Å². The Bertz CT molecular complexity index is 444. The third-order valence-electron chi connectivity index (χ3n) is 4.11. The molecule has 1 aliphatic rings. The molecular weight excluding hydrogens is 224 g/mol. The molecule has 1 saturated heterocycles. The number of aryl methyl sites for hydroxylation is 1. The number of nitrogens with zero attached hydrogens (tertiary/aromatic N) is 1. The Labute approximate surface area is 109 Å². The molecule has 1 aromatic carbocycles. The molecule has 1 unspecified atom stereocenters. The highest BCUT2D eigenvalue weighted by molar-refractivity contribution is 5.83. The lowest BCUT2D eigenvalue weighted by atomic mass is 9.80. The van der Waals surface area contributed by atoms with Gasteiger partial charge in [0.1, 0.15) is 0 Å². The first-order valence-corrected chi connectivity index (χ1v) is 6.67. The Balaban J connectivity index is 2.34. The van der Waals surface area contributed by atoms with Gasteiger partial charge in [0.05, 0.1) is 6.04 Å². The Hall–Kier alpha value is -1.35. The van der Waals surface area contributed by atoms with Gasteiger partial charge in [0.15, 0.2) is 0 Å². The van der Waals surface area contributed by atoms with E-state index in [1.807, 2.05) is 11.8 Å². The van der Waals surface area contributed by atoms with Gasteiger partial charge in [-0.2, -0.15) is 0 Å². The van der Waals surface area contributed by atoms with Crippen LogP contribution in [0.3, 0.4) is 0 Å². The van der Waals surface area contributed by atoms with Crippen LogP contribution in [0.15, 0.2) is 24.3 Å². The van der Waals surface area contributed by atoms with Crippen LogP contribution in [0.2, 0.25) is 0 Å². The summed E-state index contributed by atoms with van der Waals surface area (Å²) in [5, 5.41) is 0. The van der Waals surface area contributed by atoms with Crippen molar-refractivity contribution in [3.63, 3.8) is 0 Å². The number of amides is 1. The van der Waals surface area contributed by atoms with Gasteiger partial charge >= 0.3 is 0 Å². The van der Waals surface area contributed by atoms with Crippen LogP contribution in [0.5, 0.6) is 0 Å². The Morgan fingerprint density at radius 2 is 2.06 bits per heavy atom. The summed E-state index contributed by atoms with van der Waals surface area (Å²) in [5.74, 6) is 0.439. The van der Waals surface area contributed by atoms with Crippen LogP contribution < -0.4 is 5.73 Å². The molecule has 0 saturated carbocycles. The maximum Gasteiger partial charge on any atom is 0.239 e. The van der Waals surface area contributed by atoms with Crippen LogP contribution in [0, 0.1) is 6.92 Å². The van der Waals surface area contributed by atoms with Crippen LogP contribution in [0.1, 0.15) is 37.3 Å². The standard InChI is InChI=1S/C15H22N2O/c1-4-17-11(3)13(9-14(16)15(17)18)12-8-6-5-7-10(12)2/h5-8,11,13-14H,4,9,16H2,1-3H3/t11-,13-,14?/m1/s1. The molecule has 1 amide bonds. The van der Waals surface area contributed by atoms with Gasteiger partial charge in [0.25, 0.3) is 0 Å². The number of hydrogen-bond acceptors (Lipinski definition) is 2. The average Bonchev–Trinajstić information content (AvgIpc) is 2.36. The Morgan fingerprint density at radius 3 is 2.67 bits per heavy atom. The van der Waals surface area contributed by atoms with Gasteiger partial charge in [-0.1, -0.05) is 24.3 Å². The molecule has 0 aliphatic carbocycles. The first kappa shape index (κ1) is 13.1. The van der Waals surface area contributed by atoms with Gasteiger partial charge in [-0.05, 0) is 38.3 Å². The summed E-state index contributed by atoms with van der Waals surface area (Å²) >= 11 is 0. The van der Waals surface area contributed by atoms with Crippen molar-refractivity contribution >= 4 is 5.91 Å². The Morgan fingerprint density at radius 1 is 1.39 bits per heavy atom. The SMILES string of the molecule is CCN1C(=O)C(N)C[C@@H](c2ccccc2C)[C@H]1C. The van der Waals surface area contributed by atoms with Crippen molar-refractivity contribution in [2.24, 2.45) is 5.73 Å². The molecule has 1 fully saturated rings. The third kappa shape index (κ3) is 2.15. The van der Waals surface area contributed by atoms with Crippen LogP contribution in [-0.4, -0.2) is 29.4 Å². The highest BCUT2D eigenvalue weighted by Crippen LogP contribution is 2.34. The number of carbonyl (C=O) groups excluding carboxylic acids is 1. The number of carbonyl (C=O) groups is 1. The van der Waals surface area contributed by atoms with Gasteiger partial charge in [0.2, 0.25) is 5.91 Å². The molecule has 2 rings (SSSR count). The minimum absolute atomic E-state index is 0.0924. The molecule has 0 spiro atoms. The molecule has 1 aromatic rings. The summed E-state index contributed by atoms with van der Waals surface area (Å²) in [6, 6.07) is 8.27. The highest BCUT2D eigenvalue weighted by atomic mass is 16.2. The lowest BCUT2D eigenvalue weighted by Crippen LogP contribution is -2.55. The predicted octanol–water partition coefficient (Wildman–Crippen LogP) is 2.05. The molecule has 0 aromatic heterocycles. The molecule has 3 heteroatoms. The predicted molar refractivity (Wildman–Crippen MR) is 73.4 cm³/mol. The fourth-order valence-corrected chi connectivity index (χ4v) is 3.04. The van der Waals surface area contributed by atoms with Gasteiger partial charge in [0, 0.05) is 18.5 Å². The first-order chi connectivity index (χ1) is 8.56. The van der Waals surface area contributed by atoms with E-state index < -0.39 is 0 Å². The zero-order valence-corrected chi connectivity index (χ0v) is 11.4. The van der Waals surface area contributed by atoms with Gasteiger partial charge in [-0.25, -0.2) is 0 Å². The minimum atomic E-state index is -0.356. The lowest BCUT2D eigenvalue weighted by molar-refractivity contribution is -0.138. The lowest BCUT2D eigenvalue weighted by Gasteiger charge is -2.42. The smallest absolute Gasteiger partial charge is 0.239 e. The quantitative estimate of drug-likeness (QED) is 0.868. The second-order valence-electron chi connectivity index (χ2n) is 5.17. The zero-order valence-electron chi connectivity index (χ0n) is 11.4. The Kier molecular flexibility index (Phi) is 3.71. The largest absolute Gasteiger partial charge is 0.338 e. The van der Waals surface area contributed by atoms with E-state index in [-0.39, 0.29) is 18.0 Å². The molecule has 0 radical (unpaired) electrons. The first-order valence-electron chi connectivity index (χ1n) is 6.67. The maximum atomic E-state index is 12.0. The highest BCUT2D eigenvalue weighted by Gasteiger charge is 2.37. The van der Waals surface area contributed by atoms with Crippen LogP contribution >= 0.6 is 0 Å². The van der Waals surface area contributed by atoms with Crippen molar-refractivity contribution in [1.82, 2.24) is 4.90 Å². The van der Waals surface area contributed by atoms with Crippen LogP contribution in [0.4, 0.5) is 0 Å². The van der Waals surface area contributed by atoms with Gasteiger partial charge in [-0.15, -0.1) is 0 Å². The van der Waals surface area contributed by atoms with Crippen molar-refractivity contribution in [3.8, 4) is 0 Å². The van der Waals surface area contributed by atoms with E-state index in [9.17, 15) is 4.79 Å². The number of benzene rings is 1. The summed E-state index contributed by atoms with van der Waals surface area (Å²) in [6.45, 7) is 7.00. The molecular formula is C15H22N2O. The van der Waals surface area contributed by atoms with E-state index in [0.29, 0.717) is 5.92 Å². The van der Waals surface area contributed by atoms with E-state index in [4.69, 9.17) is 5.73 Å². The number of rotatable bonds is 2. The van der Waals surface area contributed by atoms with Crippen molar-refractivity contribution in [2.75, 3.05) is 6.54 Å². The van der Waals surface area contributed by atoms with Crippen LogP contribution in [0.25, 0.3) is 0 Å². The third-order valence-corrected chi connectivity index (χ3v) is 4.11. The fraction of sp³-hybridized carbons (Fsp3) is 0.533. The van der Waals surface area contributed by atoms with Crippen LogP contribution in [-0.2, 0) is 4.79 Å². The molecule has 18 heavy (non-hydrogen) atoms. The van der Waals surface area contributed by atoms with Crippen molar-refractivity contribution in [1.29, 1.82) is 0 Å². The van der Waals surface area contributed by atoms with Gasteiger partial charge < -0.3 is 10.6 Å². The second kappa shape index (κ2) is 5.11. The molecule has 1 aliphatic heterocycles. The average molecular weight is 246 g/mol. The summed E-state index contributed by atoms with van der Waals surface area (Å²) in [6.07, 6.45) is 0.751. The number of hydrogen-bond donors (Lipinski definition) is 1. The summed E-state index contributed by atoms with van der Waals surface area (Å²) < 4.78 is 0. The number of piperidine rings is 1. The summed E-state index contributed by atoms with van der Waals surface area (Å²) in [5.41, 5.74) is 8.60. The molecule has 98 valence electrons. The van der Waals surface area contributed by atoms with E-state index >= 15 is 0 Å².